The van der Waals surface area contributed by atoms with Crippen LogP contribution >= 0.6 is 0 Å². The molecule has 5 heteroatoms. The van der Waals surface area contributed by atoms with Gasteiger partial charge in [0.2, 0.25) is 0 Å². The van der Waals surface area contributed by atoms with Gasteiger partial charge in [0.25, 0.3) is 0 Å². The van der Waals surface area contributed by atoms with Crippen LogP contribution in [0.2, 0.25) is 0 Å². The number of carboxylic acid groups (broad SMARTS) is 1. The van der Waals surface area contributed by atoms with Crippen molar-refractivity contribution in [3.63, 3.8) is 0 Å². The van der Waals surface area contributed by atoms with E-state index in [0.29, 0.717) is 5.56 Å². The summed E-state index contributed by atoms with van der Waals surface area (Å²) in [6.45, 7) is 1.74. The Morgan fingerprint density at radius 2 is 2.06 bits per heavy atom. The van der Waals surface area contributed by atoms with Crippen molar-refractivity contribution in [2.24, 2.45) is 5.92 Å². The standard InChI is InChI=1S/C11H11F3O2/c1-7-3-2-4-8(5-7)6-9(10(15)16)11(12,13)14/h2-5,9H,6H2,1H3,(H,15,16)/t9-/m1/s1. The van der Waals surface area contributed by atoms with E-state index in [1.807, 2.05) is 0 Å². The lowest BCUT2D eigenvalue weighted by molar-refractivity contribution is -0.193. The largest absolute Gasteiger partial charge is 0.481 e. The molecule has 1 N–H and O–H groups in total. The first-order chi connectivity index (χ1) is 7.30. The maximum absolute atomic E-state index is 12.4. The molecule has 0 bridgehead atoms. The van der Waals surface area contributed by atoms with E-state index in [9.17, 15) is 18.0 Å². The Balaban J connectivity index is 2.89. The van der Waals surface area contributed by atoms with Gasteiger partial charge in [-0.05, 0) is 18.9 Å². The van der Waals surface area contributed by atoms with Crippen LogP contribution in [0.1, 0.15) is 11.1 Å². The van der Waals surface area contributed by atoms with E-state index in [-0.39, 0.29) is 0 Å². The van der Waals surface area contributed by atoms with Gasteiger partial charge in [-0.25, -0.2) is 0 Å². The number of hydrogen-bond donors (Lipinski definition) is 1. The summed E-state index contributed by atoms with van der Waals surface area (Å²) in [5.41, 5.74) is 1.19. The van der Waals surface area contributed by atoms with Crippen molar-refractivity contribution in [1.29, 1.82) is 0 Å². The Morgan fingerprint density at radius 3 is 2.50 bits per heavy atom. The van der Waals surface area contributed by atoms with Gasteiger partial charge < -0.3 is 5.11 Å². The third-order valence-corrected chi connectivity index (χ3v) is 2.22. The van der Waals surface area contributed by atoms with Crippen molar-refractivity contribution < 1.29 is 23.1 Å². The molecule has 0 aromatic heterocycles. The first-order valence-corrected chi connectivity index (χ1v) is 4.66. The average Bonchev–Trinajstić information content (AvgIpc) is 2.12. The molecule has 0 aliphatic rings. The van der Waals surface area contributed by atoms with Gasteiger partial charge in [-0.3, -0.25) is 4.79 Å². The van der Waals surface area contributed by atoms with E-state index in [0.717, 1.165) is 5.56 Å². The summed E-state index contributed by atoms with van der Waals surface area (Å²) in [6.07, 6.45) is -5.24. The second kappa shape index (κ2) is 4.55. The second-order valence-electron chi connectivity index (χ2n) is 3.63. The Bertz CT molecular complexity index is 385. The summed E-state index contributed by atoms with van der Waals surface area (Å²) in [7, 11) is 0. The van der Waals surface area contributed by atoms with Gasteiger partial charge in [-0.2, -0.15) is 13.2 Å². The number of hydrogen-bond acceptors (Lipinski definition) is 1. The van der Waals surface area contributed by atoms with E-state index in [1.54, 1.807) is 25.1 Å². The summed E-state index contributed by atoms with van der Waals surface area (Å²) in [4.78, 5) is 10.5. The van der Waals surface area contributed by atoms with Gasteiger partial charge in [0.15, 0.2) is 5.92 Å². The molecule has 0 heterocycles. The molecule has 1 aromatic rings. The quantitative estimate of drug-likeness (QED) is 0.870. The highest BCUT2D eigenvalue weighted by atomic mass is 19.4. The fourth-order valence-electron chi connectivity index (χ4n) is 1.42. The number of aliphatic carboxylic acids is 1. The van der Waals surface area contributed by atoms with Crippen molar-refractivity contribution >= 4 is 5.97 Å². The molecule has 1 atom stereocenters. The molecule has 0 radical (unpaired) electrons. The molecule has 16 heavy (non-hydrogen) atoms. The zero-order chi connectivity index (χ0) is 12.3. The molecule has 0 aliphatic carbocycles. The summed E-state index contributed by atoms with van der Waals surface area (Å²) in [6, 6.07) is 6.41. The van der Waals surface area contributed by atoms with E-state index in [2.05, 4.69) is 0 Å². The Morgan fingerprint density at radius 1 is 1.44 bits per heavy atom. The second-order valence-corrected chi connectivity index (χ2v) is 3.63. The van der Waals surface area contributed by atoms with Gasteiger partial charge in [0.1, 0.15) is 0 Å². The number of carbonyl (C=O) groups is 1. The first kappa shape index (κ1) is 12.5. The molecule has 0 amide bonds. The van der Waals surface area contributed by atoms with E-state index >= 15 is 0 Å². The van der Waals surface area contributed by atoms with Crippen LogP contribution in [0.5, 0.6) is 0 Å². The Labute approximate surface area is 90.7 Å². The SMILES string of the molecule is Cc1cccc(C[C@H](C(=O)O)C(F)(F)F)c1. The highest BCUT2D eigenvalue weighted by Crippen LogP contribution is 2.29. The topological polar surface area (TPSA) is 37.3 Å². The van der Waals surface area contributed by atoms with Crippen LogP contribution in [0.25, 0.3) is 0 Å². The highest BCUT2D eigenvalue weighted by Gasteiger charge is 2.44. The van der Waals surface area contributed by atoms with Crippen molar-refractivity contribution in [3.05, 3.63) is 35.4 Å². The smallest absolute Gasteiger partial charge is 0.402 e. The van der Waals surface area contributed by atoms with Crippen LogP contribution in [0.4, 0.5) is 13.2 Å². The third kappa shape index (κ3) is 3.25. The molecule has 88 valence electrons. The van der Waals surface area contributed by atoms with Gasteiger partial charge in [0.05, 0.1) is 0 Å². The molecule has 0 aliphatic heterocycles. The molecule has 0 fully saturated rings. The Kier molecular flexibility index (Phi) is 3.57. The molecule has 0 spiro atoms. The van der Waals surface area contributed by atoms with E-state index in [4.69, 9.17) is 5.11 Å². The maximum Gasteiger partial charge on any atom is 0.402 e. The zero-order valence-corrected chi connectivity index (χ0v) is 8.58. The van der Waals surface area contributed by atoms with Crippen LogP contribution in [-0.2, 0) is 11.2 Å². The van der Waals surface area contributed by atoms with Crippen LogP contribution < -0.4 is 0 Å². The lowest BCUT2D eigenvalue weighted by atomic mass is 9.98. The lowest BCUT2D eigenvalue weighted by Crippen LogP contribution is -2.32. The minimum atomic E-state index is -4.71. The van der Waals surface area contributed by atoms with Gasteiger partial charge >= 0.3 is 12.1 Å². The summed E-state index contributed by atoms with van der Waals surface area (Å²) in [5, 5.41) is 8.52. The number of rotatable bonds is 3. The van der Waals surface area contributed by atoms with Crippen LogP contribution in [0, 0.1) is 12.8 Å². The van der Waals surface area contributed by atoms with E-state index in [1.165, 1.54) is 6.07 Å². The maximum atomic E-state index is 12.4. The van der Waals surface area contributed by atoms with Crippen molar-refractivity contribution in [1.82, 2.24) is 0 Å². The van der Waals surface area contributed by atoms with Crippen molar-refractivity contribution in [3.8, 4) is 0 Å². The molecule has 0 saturated carbocycles. The molecule has 2 nitrogen and oxygen atoms in total. The number of aryl methyl sites for hydroxylation is 1. The summed E-state index contributed by atoms with van der Waals surface area (Å²) < 4.78 is 37.1. The first-order valence-electron chi connectivity index (χ1n) is 4.66. The zero-order valence-electron chi connectivity index (χ0n) is 8.58. The fraction of sp³-hybridized carbons (Fsp3) is 0.364. The van der Waals surface area contributed by atoms with Crippen molar-refractivity contribution in [2.75, 3.05) is 0 Å². The van der Waals surface area contributed by atoms with Crippen molar-refractivity contribution in [2.45, 2.75) is 19.5 Å². The van der Waals surface area contributed by atoms with Crippen LogP contribution in [-0.4, -0.2) is 17.3 Å². The number of benzene rings is 1. The number of carboxylic acids is 1. The monoisotopic (exact) mass is 232 g/mol. The van der Waals surface area contributed by atoms with Crippen LogP contribution in [0.3, 0.4) is 0 Å². The third-order valence-electron chi connectivity index (χ3n) is 2.22. The molecule has 0 unspecified atom stereocenters. The number of halogens is 3. The fourth-order valence-corrected chi connectivity index (χ4v) is 1.42. The molecule has 1 aromatic carbocycles. The molecular weight excluding hydrogens is 221 g/mol. The van der Waals surface area contributed by atoms with Crippen LogP contribution in [0.15, 0.2) is 24.3 Å². The minimum Gasteiger partial charge on any atom is -0.481 e. The summed E-state index contributed by atoms with van der Waals surface area (Å²) in [5.74, 6) is -4.18. The predicted molar refractivity (Wildman–Crippen MR) is 52.1 cm³/mol. The van der Waals surface area contributed by atoms with Gasteiger partial charge in [-0.15, -0.1) is 0 Å². The highest BCUT2D eigenvalue weighted by molar-refractivity contribution is 5.71. The van der Waals surface area contributed by atoms with Gasteiger partial charge in [-0.1, -0.05) is 29.8 Å². The number of alkyl halides is 3. The normalized spacial score (nSPS) is 13.5. The minimum absolute atomic E-state index is 0.379. The predicted octanol–water partition coefficient (Wildman–Crippen LogP) is 2.80. The lowest BCUT2D eigenvalue weighted by Gasteiger charge is -2.16. The molecule has 0 saturated heterocycles. The summed E-state index contributed by atoms with van der Waals surface area (Å²) >= 11 is 0. The molecular formula is C11H11F3O2. The average molecular weight is 232 g/mol. The van der Waals surface area contributed by atoms with Gasteiger partial charge in [0, 0.05) is 0 Å². The molecule has 1 rings (SSSR count). The Hall–Kier alpha value is -1.52. The van der Waals surface area contributed by atoms with E-state index < -0.39 is 24.5 Å².